The van der Waals surface area contributed by atoms with Gasteiger partial charge in [0.25, 0.3) is 11.8 Å². The van der Waals surface area contributed by atoms with Crippen molar-refractivity contribution in [2.75, 3.05) is 10.6 Å². The highest BCUT2D eigenvalue weighted by Gasteiger charge is 2.23. The Bertz CT molecular complexity index is 1270. The second-order valence-corrected chi connectivity index (χ2v) is 9.16. The van der Waals surface area contributed by atoms with E-state index in [1.807, 2.05) is 66.7 Å². The van der Waals surface area contributed by atoms with Gasteiger partial charge in [-0.3, -0.25) is 14.3 Å². The first-order valence-corrected chi connectivity index (χ1v) is 11.2. The summed E-state index contributed by atoms with van der Waals surface area (Å²) in [7, 11) is 0. The number of hydrogen-bond acceptors (Lipinski definition) is 3. The standard InChI is InChI=1S/C28H28N4O2/c1-28(2,3)25-18-24(32(31-25)19-20-10-6-4-7-11-20)27(34)30-23-16-14-21(15-17-23)26(33)29-22-12-8-5-9-13-22/h4-18H,19H2,1-3H3,(H,29,33)(H,30,34). The van der Waals surface area contributed by atoms with Crippen molar-refractivity contribution in [1.29, 1.82) is 0 Å². The van der Waals surface area contributed by atoms with E-state index in [9.17, 15) is 9.59 Å². The summed E-state index contributed by atoms with van der Waals surface area (Å²) in [6.07, 6.45) is 0. The molecular weight excluding hydrogens is 424 g/mol. The van der Waals surface area contributed by atoms with Crippen LogP contribution in [0.2, 0.25) is 0 Å². The van der Waals surface area contributed by atoms with Gasteiger partial charge in [0.2, 0.25) is 0 Å². The molecule has 0 aliphatic heterocycles. The zero-order chi connectivity index (χ0) is 24.1. The third-order valence-corrected chi connectivity index (χ3v) is 5.39. The molecule has 1 heterocycles. The second kappa shape index (κ2) is 9.75. The Morgan fingerprint density at radius 2 is 1.32 bits per heavy atom. The highest BCUT2D eigenvalue weighted by molar-refractivity contribution is 6.05. The predicted octanol–water partition coefficient (Wildman–Crippen LogP) is 5.73. The molecule has 3 aromatic carbocycles. The van der Waals surface area contributed by atoms with E-state index in [2.05, 4.69) is 31.4 Å². The van der Waals surface area contributed by atoms with Crippen LogP contribution in [-0.2, 0) is 12.0 Å². The lowest BCUT2D eigenvalue weighted by Crippen LogP contribution is -2.18. The number of aromatic nitrogens is 2. The molecule has 4 rings (SSSR count). The Morgan fingerprint density at radius 1 is 0.765 bits per heavy atom. The largest absolute Gasteiger partial charge is 0.322 e. The summed E-state index contributed by atoms with van der Waals surface area (Å²) in [4.78, 5) is 25.6. The second-order valence-electron chi connectivity index (χ2n) is 9.16. The monoisotopic (exact) mass is 452 g/mol. The lowest BCUT2D eigenvalue weighted by atomic mass is 9.92. The van der Waals surface area contributed by atoms with Gasteiger partial charge in [0.05, 0.1) is 12.2 Å². The number of rotatable bonds is 6. The minimum Gasteiger partial charge on any atom is -0.322 e. The molecule has 0 radical (unpaired) electrons. The van der Waals surface area contributed by atoms with Crippen molar-refractivity contribution in [3.05, 3.63) is 114 Å². The topological polar surface area (TPSA) is 76.0 Å². The average Bonchev–Trinajstić information content (AvgIpc) is 3.25. The van der Waals surface area contributed by atoms with Gasteiger partial charge in [-0.25, -0.2) is 0 Å². The zero-order valence-corrected chi connectivity index (χ0v) is 19.6. The summed E-state index contributed by atoms with van der Waals surface area (Å²) in [5.74, 6) is -0.458. The van der Waals surface area contributed by atoms with Crippen molar-refractivity contribution in [1.82, 2.24) is 9.78 Å². The fourth-order valence-corrected chi connectivity index (χ4v) is 3.47. The quantitative estimate of drug-likeness (QED) is 0.392. The van der Waals surface area contributed by atoms with Gasteiger partial charge in [-0.2, -0.15) is 5.10 Å². The first kappa shape index (κ1) is 23.0. The molecule has 6 heteroatoms. The number of hydrogen-bond donors (Lipinski definition) is 2. The van der Waals surface area contributed by atoms with Crippen LogP contribution in [0.5, 0.6) is 0 Å². The molecule has 0 atom stereocenters. The molecule has 0 aliphatic carbocycles. The molecule has 6 nitrogen and oxygen atoms in total. The van der Waals surface area contributed by atoms with Crippen molar-refractivity contribution < 1.29 is 9.59 Å². The van der Waals surface area contributed by atoms with Gasteiger partial charge in [0, 0.05) is 22.4 Å². The third kappa shape index (κ3) is 5.59. The van der Waals surface area contributed by atoms with E-state index in [-0.39, 0.29) is 17.2 Å². The molecule has 2 amide bonds. The maximum Gasteiger partial charge on any atom is 0.273 e. The Hall–Kier alpha value is -4.19. The van der Waals surface area contributed by atoms with Gasteiger partial charge < -0.3 is 10.6 Å². The van der Waals surface area contributed by atoms with Gasteiger partial charge in [0.15, 0.2) is 0 Å². The number of carbonyl (C=O) groups excluding carboxylic acids is 2. The molecule has 0 saturated heterocycles. The predicted molar refractivity (Wildman–Crippen MR) is 135 cm³/mol. The number of amides is 2. The van der Waals surface area contributed by atoms with Crippen LogP contribution in [-0.4, -0.2) is 21.6 Å². The van der Waals surface area contributed by atoms with Crippen LogP contribution in [0.4, 0.5) is 11.4 Å². The highest BCUT2D eigenvalue weighted by atomic mass is 16.2. The van der Waals surface area contributed by atoms with E-state index < -0.39 is 0 Å². The molecule has 0 aliphatic rings. The van der Waals surface area contributed by atoms with Crippen molar-refractivity contribution in [3.63, 3.8) is 0 Å². The zero-order valence-electron chi connectivity index (χ0n) is 19.6. The number of carbonyl (C=O) groups is 2. The smallest absolute Gasteiger partial charge is 0.273 e. The van der Waals surface area contributed by atoms with Crippen molar-refractivity contribution >= 4 is 23.2 Å². The molecular formula is C28H28N4O2. The maximum atomic E-state index is 13.2. The lowest BCUT2D eigenvalue weighted by molar-refractivity contribution is 0.101. The van der Waals surface area contributed by atoms with Crippen LogP contribution in [0.1, 0.15) is 52.9 Å². The molecule has 4 aromatic rings. The first-order valence-electron chi connectivity index (χ1n) is 11.2. The van der Waals surface area contributed by atoms with Crippen LogP contribution in [0, 0.1) is 0 Å². The molecule has 172 valence electrons. The van der Waals surface area contributed by atoms with Crippen LogP contribution in [0.25, 0.3) is 0 Å². The van der Waals surface area contributed by atoms with Crippen molar-refractivity contribution in [3.8, 4) is 0 Å². The summed E-state index contributed by atoms with van der Waals surface area (Å²) in [6, 6.07) is 27.9. The van der Waals surface area contributed by atoms with Gasteiger partial charge in [-0.05, 0) is 48.0 Å². The Kier molecular flexibility index (Phi) is 6.59. The molecule has 2 N–H and O–H groups in total. The molecule has 0 unspecified atom stereocenters. The van der Waals surface area contributed by atoms with E-state index in [0.717, 1.165) is 16.9 Å². The number of benzene rings is 3. The molecule has 0 saturated carbocycles. The summed E-state index contributed by atoms with van der Waals surface area (Å²) < 4.78 is 1.74. The summed E-state index contributed by atoms with van der Waals surface area (Å²) in [5, 5.41) is 10.5. The van der Waals surface area contributed by atoms with E-state index in [1.165, 1.54) is 0 Å². The molecule has 0 spiro atoms. The molecule has 34 heavy (non-hydrogen) atoms. The maximum absolute atomic E-state index is 13.2. The van der Waals surface area contributed by atoms with E-state index in [4.69, 9.17) is 5.10 Å². The Morgan fingerprint density at radius 3 is 1.94 bits per heavy atom. The normalized spacial score (nSPS) is 11.1. The number of para-hydroxylation sites is 1. The summed E-state index contributed by atoms with van der Waals surface area (Å²) >= 11 is 0. The third-order valence-electron chi connectivity index (χ3n) is 5.39. The number of nitrogens with one attached hydrogen (secondary N) is 2. The molecule has 1 aromatic heterocycles. The average molecular weight is 453 g/mol. The van der Waals surface area contributed by atoms with E-state index in [1.54, 1.807) is 28.9 Å². The summed E-state index contributed by atoms with van der Waals surface area (Å²) in [6.45, 7) is 6.72. The fourth-order valence-electron chi connectivity index (χ4n) is 3.47. The summed E-state index contributed by atoms with van der Waals surface area (Å²) in [5.41, 5.74) is 4.04. The van der Waals surface area contributed by atoms with Crippen LogP contribution < -0.4 is 10.6 Å². The van der Waals surface area contributed by atoms with Crippen LogP contribution in [0.3, 0.4) is 0 Å². The minimum atomic E-state index is -0.250. The molecule has 0 fully saturated rings. The van der Waals surface area contributed by atoms with Crippen LogP contribution >= 0.6 is 0 Å². The number of nitrogens with zero attached hydrogens (tertiary/aromatic N) is 2. The number of anilines is 2. The Balaban J connectivity index is 1.50. The lowest BCUT2D eigenvalue weighted by Gasteiger charge is -2.14. The Labute approximate surface area is 199 Å². The van der Waals surface area contributed by atoms with Gasteiger partial charge in [-0.1, -0.05) is 69.3 Å². The molecule has 0 bridgehead atoms. The van der Waals surface area contributed by atoms with Crippen molar-refractivity contribution in [2.24, 2.45) is 0 Å². The van der Waals surface area contributed by atoms with Gasteiger partial charge in [-0.15, -0.1) is 0 Å². The van der Waals surface area contributed by atoms with Gasteiger partial charge >= 0.3 is 0 Å². The van der Waals surface area contributed by atoms with Crippen LogP contribution in [0.15, 0.2) is 91.0 Å². The van der Waals surface area contributed by atoms with Crippen molar-refractivity contribution in [2.45, 2.75) is 32.7 Å². The van der Waals surface area contributed by atoms with E-state index >= 15 is 0 Å². The minimum absolute atomic E-state index is 0.190. The van der Waals surface area contributed by atoms with Gasteiger partial charge in [0.1, 0.15) is 5.69 Å². The highest BCUT2D eigenvalue weighted by Crippen LogP contribution is 2.23. The van der Waals surface area contributed by atoms with E-state index in [0.29, 0.717) is 23.5 Å². The SMILES string of the molecule is CC(C)(C)c1cc(C(=O)Nc2ccc(C(=O)Nc3ccccc3)cc2)n(Cc2ccccc2)n1. The fraction of sp³-hybridized carbons (Fsp3) is 0.179. The first-order chi connectivity index (χ1) is 16.3.